The zero-order valence-electron chi connectivity index (χ0n) is 10.5. The molecular formula is C14H12N2O4. The van der Waals surface area contributed by atoms with E-state index in [0.29, 0.717) is 17.3 Å². The zero-order chi connectivity index (χ0) is 13.8. The van der Waals surface area contributed by atoms with Crippen molar-refractivity contribution in [1.29, 1.82) is 0 Å². The minimum atomic E-state index is -0.723. The molecule has 0 aliphatic carbocycles. The fourth-order valence-electron chi connectivity index (χ4n) is 1.74. The third-order valence-electron chi connectivity index (χ3n) is 2.71. The van der Waals surface area contributed by atoms with Crippen molar-refractivity contribution in [2.75, 3.05) is 6.61 Å². The summed E-state index contributed by atoms with van der Waals surface area (Å²) in [5.41, 5.74) is 2.39. The summed E-state index contributed by atoms with van der Waals surface area (Å²) in [5, 5.41) is 3.79. The first-order chi connectivity index (χ1) is 9.83. The number of amides is 1. The van der Waals surface area contributed by atoms with Crippen LogP contribution in [0.15, 0.2) is 52.2 Å². The number of ether oxygens (including phenoxy) is 2. The molecule has 0 saturated heterocycles. The van der Waals surface area contributed by atoms with Gasteiger partial charge in [0.2, 0.25) is 6.10 Å². The van der Waals surface area contributed by atoms with Crippen LogP contribution in [0.5, 0.6) is 11.5 Å². The maximum Gasteiger partial charge on any atom is 0.284 e. The fourth-order valence-corrected chi connectivity index (χ4v) is 1.74. The Labute approximate surface area is 115 Å². The molecule has 1 N–H and O–H groups in total. The van der Waals surface area contributed by atoms with E-state index >= 15 is 0 Å². The van der Waals surface area contributed by atoms with E-state index in [0.717, 1.165) is 0 Å². The Morgan fingerprint density at radius 3 is 2.90 bits per heavy atom. The summed E-state index contributed by atoms with van der Waals surface area (Å²) in [4.78, 5) is 11.9. The summed E-state index contributed by atoms with van der Waals surface area (Å²) in [6.07, 6.45) is 2.21. The first-order valence-electron chi connectivity index (χ1n) is 6.08. The molecule has 1 aromatic carbocycles. The number of benzene rings is 1. The summed E-state index contributed by atoms with van der Waals surface area (Å²) < 4.78 is 16.1. The van der Waals surface area contributed by atoms with Crippen molar-refractivity contribution in [3.05, 3.63) is 48.4 Å². The number of nitrogens with one attached hydrogen (secondary N) is 1. The van der Waals surface area contributed by atoms with Crippen molar-refractivity contribution in [2.45, 2.75) is 6.10 Å². The second-order valence-electron chi connectivity index (χ2n) is 4.11. The van der Waals surface area contributed by atoms with E-state index in [-0.39, 0.29) is 12.5 Å². The maximum absolute atomic E-state index is 11.9. The number of nitrogens with zero attached hydrogens (tertiary/aromatic N) is 1. The fraction of sp³-hybridized carbons (Fsp3) is 0.143. The van der Waals surface area contributed by atoms with Crippen molar-refractivity contribution in [3.63, 3.8) is 0 Å². The van der Waals surface area contributed by atoms with Crippen molar-refractivity contribution in [3.8, 4) is 11.5 Å². The normalized spacial score (nSPS) is 17.1. The molecule has 1 aliphatic heterocycles. The van der Waals surface area contributed by atoms with E-state index in [9.17, 15) is 4.79 Å². The van der Waals surface area contributed by atoms with E-state index in [1.165, 1.54) is 12.5 Å². The van der Waals surface area contributed by atoms with Gasteiger partial charge < -0.3 is 13.9 Å². The van der Waals surface area contributed by atoms with Gasteiger partial charge in [0, 0.05) is 0 Å². The van der Waals surface area contributed by atoms with Gasteiger partial charge in [0.15, 0.2) is 11.5 Å². The van der Waals surface area contributed by atoms with E-state index < -0.39 is 6.10 Å². The molecule has 0 fully saturated rings. The first kappa shape index (κ1) is 12.3. The number of hydrazone groups is 1. The van der Waals surface area contributed by atoms with Crippen molar-refractivity contribution >= 4 is 12.1 Å². The molecule has 1 amide bonds. The second kappa shape index (κ2) is 5.48. The molecule has 1 aliphatic rings. The number of furan rings is 1. The first-order valence-corrected chi connectivity index (χ1v) is 6.08. The Bertz CT molecular complexity index is 622. The van der Waals surface area contributed by atoms with Crippen LogP contribution in [0, 0.1) is 0 Å². The van der Waals surface area contributed by atoms with E-state index in [2.05, 4.69) is 10.5 Å². The highest BCUT2D eigenvalue weighted by molar-refractivity contribution is 5.83. The number of rotatable bonds is 3. The molecule has 6 heteroatoms. The van der Waals surface area contributed by atoms with Gasteiger partial charge in [-0.2, -0.15) is 5.10 Å². The number of fused-ring (bicyclic) bond motifs is 1. The number of carbonyl (C=O) groups excluding carboxylic acids is 1. The molecule has 2 heterocycles. The molecule has 1 atom stereocenters. The largest absolute Gasteiger partial charge is 0.485 e. The third kappa shape index (κ3) is 2.64. The van der Waals surface area contributed by atoms with Gasteiger partial charge in [-0.3, -0.25) is 4.79 Å². The maximum atomic E-state index is 11.9. The van der Waals surface area contributed by atoms with E-state index in [4.69, 9.17) is 13.9 Å². The highest BCUT2D eigenvalue weighted by Crippen LogP contribution is 2.30. The lowest BCUT2D eigenvalue weighted by atomic mass is 10.2. The predicted octanol–water partition coefficient (Wildman–Crippen LogP) is 1.57. The quantitative estimate of drug-likeness (QED) is 0.680. The highest BCUT2D eigenvalue weighted by atomic mass is 16.6. The Morgan fingerprint density at radius 1 is 1.25 bits per heavy atom. The molecule has 0 saturated carbocycles. The minimum Gasteiger partial charge on any atom is -0.485 e. The smallest absolute Gasteiger partial charge is 0.284 e. The van der Waals surface area contributed by atoms with Crippen molar-refractivity contribution < 1.29 is 18.7 Å². The topological polar surface area (TPSA) is 73.1 Å². The van der Waals surface area contributed by atoms with Crippen LogP contribution in [-0.4, -0.2) is 24.8 Å². The molecule has 102 valence electrons. The second-order valence-corrected chi connectivity index (χ2v) is 4.11. The molecule has 0 bridgehead atoms. The summed E-state index contributed by atoms with van der Waals surface area (Å²) in [6.45, 7) is 0.152. The monoisotopic (exact) mass is 272 g/mol. The van der Waals surface area contributed by atoms with Crippen LogP contribution in [0.2, 0.25) is 0 Å². The van der Waals surface area contributed by atoms with Gasteiger partial charge in [-0.25, -0.2) is 5.43 Å². The molecule has 6 nitrogen and oxygen atoms in total. The number of hydrogen-bond acceptors (Lipinski definition) is 5. The number of hydrogen-bond donors (Lipinski definition) is 1. The van der Waals surface area contributed by atoms with Gasteiger partial charge in [-0.05, 0) is 24.3 Å². The summed E-state index contributed by atoms with van der Waals surface area (Å²) in [6, 6.07) is 10.7. The lowest BCUT2D eigenvalue weighted by Crippen LogP contribution is -2.42. The van der Waals surface area contributed by atoms with Crippen molar-refractivity contribution in [1.82, 2.24) is 5.43 Å². The van der Waals surface area contributed by atoms with Gasteiger partial charge in [0.1, 0.15) is 12.4 Å². The van der Waals surface area contributed by atoms with Crippen LogP contribution in [0.1, 0.15) is 5.76 Å². The van der Waals surface area contributed by atoms with E-state index in [1.807, 2.05) is 12.1 Å². The predicted molar refractivity (Wildman–Crippen MR) is 70.8 cm³/mol. The van der Waals surface area contributed by atoms with Gasteiger partial charge in [0.25, 0.3) is 5.91 Å². The molecular weight excluding hydrogens is 260 g/mol. The van der Waals surface area contributed by atoms with Gasteiger partial charge >= 0.3 is 0 Å². The van der Waals surface area contributed by atoms with Crippen LogP contribution < -0.4 is 14.9 Å². The Morgan fingerprint density at radius 2 is 2.10 bits per heavy atom. The highest BCUT2D eigenvalue weighted by Gasteiger charge is 2.26. The summed E-state index contributed by atoms with van der Waals surface area (Å²) in [5.74, 6) is 1.36. The van der Waals surface area contributed by atoms with Crippen LogP contribution in [0.25, 0.3) is 0 Å². The number of para-hydroxylation sites is 2. The van der Waals surface area contributed by atoms with Gasteiger partial charge in [0.05, 0.1) is 12.5 Å². The third-order valence-corrected chi connectivity index (χ3v) is 2.71. The molecule has 1 aromatic heterocycles. The van der Waals surface area contributed by atoms with Gasteiger partial charge in [-0.1, -0.05) is 12.1 Å². The average Bonchev–Trinajstić information content (AvgIpc) is 3.00. The van der Waals surface area contributed by atoms with Crippen LogP contribution >= 0.6 is 0 Å². The average molecular weight is 272 g/mol. The molecule has 0 radical (unpaired) electrons. The zero-order valence-corrected chi connectivity index (χ0v) is 10.5. The molecule has 3 rings (SSSR count). The molecule has 2 aromatic rings. The summed E-state index contributed by atoms with van der Waals surface area (Å²) >= 11 is 0. The lowest BCUT2D eigenvalue weighted by molar-refractivity contribution is -0.130. The Balaban J connectivity index is 1.59. The summed E-state index contributed by atoms with van der Waals surface area (Å²) in [7, 11) is 0. The SMILES string of the molecule is O=C(NN=Cc1ccco1)[C@@H]1COc2ccccc2O1. The lowest BCUT2D eigenvalue weighted by Gasteiger charge is -2.24. The van der Waals surface area contributed by atoms with Crippen LogP contribution in [-0.2, 0) is 4.79 Å². The Kier molecular flexibility index (Phi) is 3.36. The van der Waals surface area contributed by atoms with Gasteiger partial charge in [-0.15, -0.1) is 0 Å². The van der Waals surface area contributed by atoms with Crippen molar-refractivity contribution in [2.24, 2.45) is 5.10 Å². The molecule has 0 unspecified atom stereocenters. The van der Waals surface area contributed by atoms with E-state index in [1.54, 1.807) is 24.3 Å². The minimum absolute atomic E-state index is 0.152. The van der Waals surface area contributed by atoms with Crippen LogP contribution in [0.3, 0.4) is 0 Å². The number of carbonyl (C=O) groups is 1. The molecule has 20 heavy (non-hydrogen) atoms. The van der Waals surface area contributed by atoms with Crippen LogP contribution in [0.4, 0.5) is 0 Å². The Hall–Kier alpha value is -2.76. The molecule has 0 spiro atoms. The standard InChI is InChI=1S/C14H12N2O4/c17-14(16-15-8-10-4-3-7-18-10)13-9-19-11-5-1-2-6-12(11)20-13/h1-8,13H,9H2,(H,16,17)/t13-/m0/s1.